The molecule has 0 aromatic rings. The maximum absolute atomic E-state index is 11.1. The van der Waals surface area contributed by atoms with Crippen LogP contribution in [0.1, 0.15) is 25.7 Å². The first-order valence-electron chi connectivity index (χ1n) is 5.55. The fraction of sp³-hybridized carbons (Fsp3) is 0.800. The first-order valence-corrected chi connectivity index (χ1v) is 6.60. The number of carboxylic acid groups (broad SMARTS) is 1. The van der Waals surface area contributed by atoms with Crippen molar-refractivity contribution < 1.29 is 14.7 Å². The topological polar surface area (TPSA) is 81.3 Å². The number of nitrogens with one attached hydrogen (secondary N) is 2. The van der Waals surface area contributed by atoms with Crippen molar-refractivity contribution in [1.82, 2.24) is 10.6 Å². The van der Waals surface area contributed by atoms with E-state index in [2.05, 4.69) is 10.6 Å². The molecule has 0 unspecified atom stereocenters. The van der Waals surface area contributed by atoms with Crippen LogP contribution in [0.5, 0.6) is 0 Å². The minimum atomic E-state index is -0.979. The number of fused-ring (bicyclic) bond motifs is 1. The van der Waals surface area contributed by atoms with Gasteiger partial charge in [-0.05, 0) is 19.3 Å². The minimum absolute atomic E-state index is 0.0740. The molecule has 16 heavy (non-hydrogen) atoms. The molecular weight excluding hydrogens is 228 g/mol. The Morgan fingerprint density at radius 1 is 1.44 bits per heavy atom. The third-order valence-corrected chi connectivity index (χ3v) is 4.57. The van der Waals surface area contributed by atoms with Crippen molar-refractivity contribution in [3.63, 3.8) is 0 Å². The number of thioether (sulfide) groups is 1. The highest BCUT2D eigenvalue weighted by atomic mass is 32.2. The standard InChI is InChI=1S/C10H16N2O3S/c13-8(14)4-2-1-3-7-9-6(5-16-7)11-10(15)12-9/h6-7,9H,1-5H2,(H,13,14)(H2,11,12,15)/p-1/t6-,7+,9-/m1/s1. The minimum Gasteiger partial charge on any atom is -0.550 e. The van der Waals surface area contributed by atoms with Crippen molar-refractivity contribution in [2.24, 2.45) is 0 Å². The second-order valence-electron chi connectivity index (χ2n) is 4.24. The largest absolute Gasteiger partial charge is 0.550 e. The van der Waals surface area contributed by atoms with Crippen LogP contribution >= 0.6 is 11.8 Å². The van der Waals surface area contributed by atoms with Crippen LogP contribution in [0.3, 0.4) is 0 Å². The molecule has 0 aliphatic carbocycles. The van der Waals surface area contributed by atoms with Gasteiger partial charge in [-0.3, -0.25) is 0 Å². The monoisotopic (exact) mass is 243 g/mol. The maximum Gasteiger partial charge on any atom is 0.315 e. The number of carboxylic acids is 1. The summed E-state index contributed by atoms with van der Waals surface area (Å²) < 4.78 is 0. The van der Waals surface area contributed by atoms with Gasteiger partial charge in [-0.2, -0.15) is 11.8 Å². The SMILES string of the molecule is O=C([O-])CCCC[C@@H]1SC[C@H]2NC(=O)N[C@@H]12. The molecule has 2 rings (SSSR count). The van der Waals surface area contributed by atoms with E-state index in [4.69, 9.17) is 0 Å². The summed E-state index contributed by atoms with van der Waals surface area (Å²) in [7, 11) is 0. The smallest absolute Gasteiger partial charge is 0.315 e. The van der Waals surface area contributed by atoms with Crippen molar-refractivity contribution in [3.8, 4) is 0 Å². The van der Waals surface area contributed by atoms with Gasteiger partial charge in [0, 0.05) is 17.0 Å². The summed E-state index contributed by atoms with van der Waals surface area (Å²) in [6, 6.07) is 0.402. The van der Waals surface area contributed by atoms with Crippen molar-refractivity contribution in [2.75, 3.05) is 5.75 Å². The van der Waals surface area contributed by atoms with Gasteiger partial charge < -0.3 is 20.5 Å². The van der Waals surface area contributed by atoms with Crippen LogP contribution in [0.2, 0.25) is 0 Å². The molecule has 0 spiro atoms. The van der Waals surface area contributed by atoms with E-state index in [9.17, 15) is 14.7 Å². The number of aliphatic carboxylic acids is 1. The summed E-state index contributed by atoms with van der Waals surface area (Å²) >= 11 is 1.85. The quantitative estimate of drug-likeness (QED) is 0.502. The van der Waals surface area contributed by atoms with Crippen LogP contribution < -0.4 is 15.7 Å². The molecule has 2 aliphatic rings. The molecule has 0 aromatic heterocycles. The molecule has 2 fully saturated rings. The first kappa shape index (κ1) is 11.6. The highest BCUT2D eigenvalue weighted by Gasteiger charge is 2.42. The van der Waals surface area contributed by atoms with Crippen molar-refractivity contribution in [3.05, 3.63) is 0 Å². The number of carbonyl (C=O) groups is 2. The first-order chi connectivity index (χ1) is 7.66. The summed E-state index contributed by atoms with van der Waals surface area (Å²) in [5.74, 6) is -0.0260. The molecule has 90 valence electrons. The lowest BCUT2D eigenvalue weighted by atomic mass is 10.0. The Bertz CT molecular complexity index is 298. The lowest BCUT2D eigenvalue weighted by Crippen LogP contribution is -2.36. The van der Waals surface area contributed by atoms with E-state index in [1.807, 2.05) is 11.8 Å². The fourth-order valence-corrected chi connectivity index (χ4v) is 3.80. The molecule has 2 aliphatic heterocycles. The number of hydrogen-bond donors (Lipinski definition) is 2. The summed E-state index contributed by atoms with van der Waals surface area (Å²) in [6.45, 7) is 0. The van der Waals surface area contributed by atoms with E-state index in [-0.39, 0.29) is 24.5 Å². The molecule has 2 N–H and O–H groups in total. The Balaban J connectivity index is 1.70. The number of urea groups is 1. The van der Waals surface area contributed by atoms with Crippen molar-refractivity contribution >= 4 is 23.8 Å². The maximum atomic E-state index is 11.1. The number of rotatable bonds is 5. The van der Waals surface area contributed by atoms with Gasteiger partial charge in [-0.1, -0.05) is 6.42 Å². The van der Waals surface area contributed by atoms with Gasteiger partial charge in [0.1, 0.15) is 0 Å². The van der Waals surface area contributed by atoms with Crippen molar-refractivity contribution in [2.45, 2.75) is 43.0 Å². The second kappa shape index (κ2) is 4.95. The van der Waals surface area contributed by atoms with Crippen LogP contribution in [0.4, 0.5) is 4.79 Å². The predicted molar refractivity (Wildman–Crippen MR) is 59.0 cm³/mol. The fourth-order valence-electron chi connectivity index (χ4n) is 2.26. The van der Waals surface area contributed by atoms with Crippen LogP contribution in [0, 0.1) is 0 Å². The Kier molecular flexibility index (Phi) is 3.58. The van der Waals surface area contributed by atoms with Gasteiger partial charge in [0.2, 0.25) is 0 Å². The number of amides is 2. The molecule has 0 aromatic carbocycles. The Morgan fingerprint density at radius 3 is 3.00 bits per heavy atom. The Hall–Kier alpha value is -0.910. The Labute approximate surface area is 98.4 Å². The van der Waals surface area contributed by atoms with E-state index in [0.29, 0.717) is 11.7 Å². The third-order valence-electron chi connectivity index (χ3n) is 3.06. The van der Waals surface area contributed by atoms with E-state index >= 15 is 0 Å². The van der Waals surface area contributed by atoms with Gasteiger partial charge >= 0.3 is 6.03 Å². The molecular formula is C10H15N2O3S-. The zero-order valence-electron chi connectivity index (χ0n) is 8.90. The molecule has 6 heteroatoms. The van der Waals surface area contributed by atoms with Crippen LogP contribution in [0.25, 0.3) is 0 Å². The van der Waals surface area contributed by atoms with E-state index in [1.54, 1.807) is 0 Å². The van der Waals surface area contributed by atoms with E-state index < -0.39 is 5.97 Å². The molecule has 5 nitrogen and oxygen atoms in total. The van der Waals surface area contributed by atoms with Gasteiger partial charge in [0.25, 0.3) is 0 Å². The molecule has 0 radical (unpaired) electrons. The van der Waals surface area contributed by atoms with Crippen molar-refractivity contribution in [1.29, 1.82) is 0 Å². The summed E-state index contributed by atoms with van der Waals surface area (Å²) in [6.07, 6.45) is 2.64. The van der Waals surface area contributed by atoms with Gasteiger partial charge in [0.15, 0.2) is 0 Å². The van der Waals surface area contributed by atoms with Crippen LogP contribution in [0.15, 0.2) is 0 Å². The van der Waals surface area contributed by atoms with E-state index in [1.165, 1.54) is 0 Å². The zero-order chi connectivity index (χ0) is 11.5. The average Bonchev–Trinajstić information content (AvgIpc) is 2.72. The number of carbonyl (C=O) groups excluding carboxylic acids is 2. The Morgan fingerprint density at radius 2 is 2.25 bits per heavy atom. The van der Waals surface area contributed by atoms with Crippen LogP contribution in [-0.2, 0) is 4.79 Å². The molecule has 0 saturated carbocycles. The third kappa shape index (κ3) is 2.61. The zero-order valence-corrected chi connectivity index (χ0v) is 9.72. The molecule has 0 bridgehead atoms. The van der Waals surface area contributed by atoms with E-state index in [0.717, 1.165) is 18.6 Å². The van der Waals surface area contributed by atoms with Gasteiger partial charge in [-0.25, -0.2) is 4.79 Å². The predicted octanol–water partition coefficient (Wildman–Crippen LogP) is -0.538. The summed E-state index contributed by atoms with van der Waals surface area (Å²) in [4.78, 5) is 21.3. The highest BCUT2D eigenvalue weighted by Crippen LogP contribution is 2.33. The average molecular weight is 243 g/mol. The highest BCUT2D eigenvalue weighted by molar-refractivity contribution is 8.00. The summed E-state index contributed by atoms with van der Waals surface area (Å²) in [5.41, 5.74) is 0. The second-order valence-corrected chi connectivity index (χ2v) is 5.51. The summed E-state index contributed by atoms with van der Waals surface area (Å²) in [5, 5.41) is 16.5. The normalized spacial score (nSPS) is 32.0. The van der Waals surface area contributed by atoms with Crippen LogP contribution in [-0.4, -0.2) is 35.1 Å². The molecule has 3 atom stereocenters. The number of hydrogen-bond acceptors (Lipinski definition) is 4. The lowest BCUT2D eigenvalue weighted by molar-refractivity contribution is -0.305. The molecule has 2 amide bonds. The van der Waals surface area contributed by atoms with Gasteiger partial charge in [-0.15, -0.1) is 0 Å². The van der Waals surface area contributed by atoms with Gasteiger partial charge in [0.05, 0.1) is 12.1 Å². The number of unbranched alkanes of at least 4 members (excludes halogenated alkanes) is 1. The molecule has 2 heterocycles. The lowest BCUT2D eigenvalue weighted by Gasteiger charge is -2.16. The molecule has 2 saturated heterocycles.